The van der Waals surface area contributed by atoms with Gasteiger partial charge in [-0.05, 0) is 33.1 Å². The molecule has 17 heavy (non-hydrogen) atoms. The van der Waals surface area contributed by atoms with Crippen LogP contribution in [0.5, 0.6) is 0 Å². The number of rotatable bonds is 5. The molecule has 1 aliphatic carbocycles. The van der Waals surface area contributed by atoms with Gasteiger partial charge in [0.05, 0.1) is 11.6 Å². The molecule has 3 heteroatoms. The van der Waals surface area contributed by atoms with E-state index in [0.29, 0.717) is 5.92 Å². The van der Waals surface area contributed by atoms with Crippen LogP contribution in [0, 0.1) is 5.92 Å². The molecule has 100 valence electrons. The van der Waals surface area contributed by atoms with E-state index in [1.165, 1.54) is 32.1 Å². The van der Waals surface area contributed by atoms with E-state index in [4.69, 9.17) is 10.5 Å². The van der Waals surface area contributed by atoms with Gasteiger partial charge in [-0.1, -0.05) is 32.1 Å². The first-order valence-corrected chi connectivity index (χ1v) is 6.81. The first kappa shape index (κ1) is 14.7. The molecular weight excluding hydrogens is 214 g/mol. The van der Waals surface area contributed by atoms with Gasteiger partial charge in [0.15, 0.2) is 5.78 Å². The van der Waals surface area contributed by atoms with Crippen molar-refractivity contribution in [3.63, 3.8) is 0 Å². The quantitative estimate of drug-likeness (QED) is 0.805. The van der Waals surface area contributed by atoms with E-state index in [1.54, 1.807) is 0 Å². The van der Waals surface area contributed by atoms with Crippen molar-refractivity contribution in [1.82, 2.24) is 0 Å². The molecule has 1 rings (SSSR count). The second-order valence-electron chi connectivity index (χ2n) is 6.21. The molecule has 0 aromatic rings. The Morgan fingerprint density at radius 2 is 1.88 bits per heavy atom. The van der Waals surface area contributed by atoms with E-state index in [1.807, 2.05) is 20.8 Å². The number of carbonyl (C=O) groups excluding carboxylic acids is 1. The highest BCUT2D eigenvalue weighted by molar-refractivity contribution is 5.84. The van der Waals surface area contributed by atoms with Crippen molar-refractivity contribution in [2.45, 2.75) is 70.9 Å². The highest BCUT2D eigenvalue weighted by Gasteiger charge is 2.22. The maximum Gasteiger partial charge on any atom is 0.175 e. The molecule has 0 heterocycles. The molecule has 0 aliphatic heterocycles. The van der Waals surface area contributed by atoms with Gasteiger partial charge < -0.3 is 10.5 Å². The molecule has 0 aromatic heterocycles. The number of hydrogen-bond donors (Lipinski definition) is 1. The maximum absolute atomic E-state index is 11.8. The van der Waals surface area contributed by atoms with Gasteiger partial charge in [0.1, 0.15) is 6.61 Å². The lowest BCUT2D eigenvalue weighted by atomic mass is 9.84. The van der Waals surface area contributed by atoms with Crippen molar-refractivity contribution in [3.05, 3.63) is 0 Å². The summed E-state index contributed by atoms with van der Waals surface area (Å²) in [6.07, 6.45) is 7.25. The number of hydrogen-bond acceptors (Lipinski definition) is 3. The average molecular weight is 241 g/mol. The van der Waals surface area contributed by atoms with Crippen molar-refractivity contribution in [3.8, 4) is 0 Å². The van der Waals surface area contributed by atoms with Gasteiger partial charge in [-0.25, -0.2) is 0 Å². The van der Waals surface area contributed by atoms with Crippen LogP contribution in [0.1, 0.15) is 59.3 Å². The zero-order valence-electron chi connectivity index (χ0n) is 11.5. The summed E-state index contributed by atoms with van der Waals surface area (Å²) in [6, 6.07) is -0.333. The molecule has 1 atom stereocenters. The Bertz CT molecular complexity index is 239. The molecule has 0 spiro atoms. The van der Waals surface area contributed by atoms with E-state index in [-0.39, 0.29) is 24.0 Å². The minimum atomic E-state index is -0.333. The normalized spacial score (nSPS) is 20.2. The lowest BCUT2D eigenvalue weighted by Crippen LogP contribution is -2.37. The summed E-state index contributed by atoms with van der Waals surface area (Å²) >= 11 is 0. The highest BCUT2D eigenvalue weighted by Crippen LogP contribution is 2.27. The Morgan fingerprint density at radius 3 is 2.41 bits per heavy atom. The number of nitrogens with two attached hydrogens (primary N) is 1. The number of carbonyl (C=O) groups is 1. The van der Waals surface area contributed by atoms with Gasteiger partial charge in [-0.2, -0.15) is 0 Å². The van der Waals surface area contributed by atoms with Crippen molar-refractivity contribution >= 4 is 5.78 Å². The Labute approximate surface area is 105 Å². The van der Waals surface area contributed by atoms with Gasteiger partial charge in [0, 0.05) is 0 Å². The molecule has 1 fully saturated rings. The van der Waals surface area contributed by atoms with Crippen LogP contribution >= 0.6 is 0 Å². The van der Waals surface area contributed by atoms with Crippen LogP contribution in [0.15, 0.2) is 0 Å². The molecule has 0 amide bonds. The van der Waals surface area contributed by atoms with E-state index >= 15 is 0 Å². The van der Waals surface area contributed by atoms with Crippen LogP contribution in [-0.4, -0.2) is 24.0 Å². The predicted molar refractivity (Wildman–Crippen MR) is 69.9 cm³/mol. The monoisotopic (exact) mass is 241 g/mol. The smallest absolute Gasteiger partial charge is 0.175 e. The van der Waals surface area contributed by atoms with E-state index in [2.05, 4.69) is 0 Å². The van der Waals surface area contributed by atoms with Crippen molar-refractivity contribution < 1.29 is 9.53 Å². The maximum atomic E-state index is 11.8. The van der Waals surface area contributed by atoms with E-state index < -0.39 is 0 Å². The summed E-state index contributed by atoms with van der Waals surface area (Å²) in [5.74, 6) is 0.697. The Hall–Kier alpha value is -0.410. The molecule has 0 saturated heterocycles. The molecule has 1 aliphatic rings. The van der Waals surface area contributed by atoms with Crippen LogP contribution in [0.3, 0.4) is 0 Å². The number of ether oxygens (including phenoxy) is 1. The Kier molecular flexibility index (Phi) is 5.60. The van der Waals surface area contributed by atoms with Crippen LogP contribution in [0.2, 0.25) is 0 Å². The lowest BCUT2D eigenvalue weighted by molar-refractivity contribution is -0.130. The fourth-order valence-corrected chi connectivity index (χ4v) is 2.31. The van der Waals surface area contributed by atoms with Gasteiger partial charge in [0.25, 0.3) is 0 Å². The molecular formula is C14H27NO2. The van der Waals surface area contributed by atoms with Crippen LogP contribution in [0.25, 0.3) is 0 Å². The van der Waals surface area contributed by atoms with Crippen LogP contribution in [0.4, 0.5) is 0 Å². The largest absolute Gasteiger partial charge is 0.368 e. The summed E-state index contributed by atoms with van der Waals surface area (Å²) in [4.78, 5) is 11.8. The third kappa shape index (κ3) is 6.18. The minimum absolute atomic E-state index is 0.0468. The summed E-state index contributed by atoms with van der Waals surface area (Å²) in [5.41, 5.74) is 5.68. The average Bonchev–Trinajstić information content (AvgIpc) is 2.26. The minimum Gasteiger partial charge on any atom is -0.368 e. The molecule has 2 N–H and O–H groups in total. The summed E-state index contributed by atoms with van der Waals surface area (Å²) in [7, 11) is 0. The molecule has 0 unspecified atom stereocenters. The predicted octanol–water partition coefficient (Wildman–Crippen LogP) is 2.67. The first-order valence-electron chi connectivity index (χ1n) is 6.81. The van der Waals surface area contributed by atoms with Gasteiger partial charge >= 0.3 is 0 Å². The van der Waals surface area contributed by atoms with Crippen molar-refractivity contribution in [2.24, 2.45) is 11.7 Å². The van der Waals surface area contributed by atoms with Crippen LogP contribution in [-0.2, 0) is 9.53 Å². The van der Waals surface area contributed by atoms with Gasteiger partial charge in [-0.3, -0.25) is 4.79 Å². The fourth-order valence-electron chi connectivity index (χ4n) is 2.31. The topological polar surface area (TPSA) is 52.3 Å². The zero-order chi connectivity index (χ0) is 12.9. The highest BCUT2D eigenvalue weighted by atomic mass is 16.5. The van der Waals surface area contributed by atoms with Crippen molar-refractivity contribution in [2.75, 3.05) is 6.61 Å². The van der Waals surface area contributed by atoms with Crippen molar-refractivity contribution in [1.29, 1.82) is 0 Å². The molecule has 0 bridgehead atoms. The number of ketones is 1. The second-order valence-corrected chi connectivity index (χ2v) is 6.21. The van der Waals surface area contributed by atoms with E-state index in [0.717, 1.165) is 6.42 Å². The zero-order valence-corrected chi connectivity index (χ0v) is 11.5. The molecule has 0 aromatic carbocycles. The summed E-state index contributed by atoms with van der Waals surface area (Å²) < 4.78 is 5.47. The van der Waals surface area contributed by atoms with E-state index in [9.17, 15) is 4.79 Å². The third-order valence-corrected chi connectivity index (χ3v) is 3.37. The molecule has 1 saturated carbocycles. The first-order chi connectivity index (χ1) is 7.88. The fraction of sp³-hybridized carbons (Fsp3) is 0.929. The Balaban J connectivity index is 2.26. The summed E-state index contributed by atoms with van der Waals surface area (Å²) in [6.45, 7) is 6.00. The van der Waals surface area contributed by atoms with Crippen LogP contribution < -0.4 is 5.73 Å². The Morgan fingerprint density at radius 1 is 1.29 bits per heavy atom. The SMILES string of the molecule is CC(C)(C)OCC(=O)[C@@H](N)CC1CCCCC1. The summed E-state index contributed by atoms with van der Waals surface area (Å²) in [5, 5.41) is 0. The number of Topliss-reactive ketones (excluding diaryl/α,β-unsaturated/α-hetero) is 1. The lowest BCUT2D eigenvalue weighted by Gasteiger charge is -2.25. The molecule has 0 radical (unpaired) electrons. The van der Waals surface area contributed by atoms with Gasteiger partial charge in [-0.15, -0.1) is 0 Å². The van der Waals surface area contributed by atoms with Gasteiger partial charge in [0.2, 0.25) is 0 Å². The molecule has 3 nitrogen and oxygen atoms in total. The third-order valence-electron chi connectivity index (χ3n) is 3.37. The second kappa shape index (κ2) is 6.50. The standard InChI is InChI=1S/C14H27NO2/c1-14(2,3)17-10-13(16)12(15)9-11-7-5-4-6-8-11/h11-12H,4-10,15H2,1-3H3/t12-/m0/s1.